The highest BCUT2D eigenvalue weighted by atomic mass is 35.5. The maximum Gasteiger partial charge on any atom is 0.294 e. The average molecular weight is 408 g/mol. The van der Waals surface area contributed by atoms with E-state index in [2.05, 4.69) is 10.4 Å². The molecule has 1 aliphatic rings. The molecule has 0 bridgehead atoms. The third kappa shape index (κ3) is 4.05. The van der Waals surface area contributed by atoms with Crippen LogP contribution in [0.5, 0.6) is 0 Å². The third-order valence-electron chi connectivity index (χ3n) is 4.93. The van der Waals surface area contributed by atoms with Crippen LogP contribution in [0.1, 0.15) is 35.9 Å². The van der Waals surface area contributed by atoms with Gasteiger partial charge in [0.05, 0.1) is 10.5 Å². The van der Waals surface area contributed by atoms with Crippen molar-refractivity contribution in [2.75, 3.05) is 6.54 Å². The van der Waals surface area contributed by atoms with Gasteiger partial charge in [-0.05, 0) is 38.7 Å². The Balaban J connectivity index is 0.00000280. The molecule has 3 N–H and O–H groups in total. The Kier molecular flexibility index (Phi) is 6.20. The molecule has 2 aromatic rings. The van der Waals surface area contributed by atoms with Gasteiger partial charge in [-0.1, -0.05) is 12.1 Å². The number of aryl methyl sites for hydroxylation is 1. The molecule has 0 saturated heterocycles. The van der Waals surface area contributed by atoms with Gasteiger partial charge < -0.3 is 11.1 Å². The van der Waals surface area contributed by atoms with Crippen molar-refractivity contribution in [3.8, 4) is 5.69 Å². The van der Waals surface area contributed by atoms with Gasteiger partial charge in [0.1, 0.15) is 5.69 Å². The molecular formula is C18H22ClN5O4. The third-order valence-corrected chi connectivity index (χ3v) is 4.93. The van der Waals surface area contributed by atoms with E-state index >= 15 is 0 Å². The highest BCUT2D eigenvalue weighted by molar-refractivity contribution is 5.92. The summed E-state index contributed by atoms with van der Waals surface area (Å²) in [5.41, 5.74) is 4.73. The molecule has 1 unspecified atom stereocenters. The highest BCUT2D eigenvalue weighted by Crippen LogP contribution is 2.39. The minimum absolute atomic E-state index is 0. The summed E-state index contributed by atoms with van der Waals surface area (Å²) in [6.07, 6.45) is 1.94. The van der Waals surface area contributed by atoms with Gasteiger partial charge in [0, 0.05) is 24.4 Å². The summed E-state index contributed by atoms with van der Waals surface area (Å²) in [5, 5.41) is 18.3. The minimum Gasteiger partial charge on any atom is -0.344 e. The van der Waals surface area contributed by atoms with Crippen LogP contribution in [0.3, 0.4) is 0 Å². The zero-order chi connectivity index (χ0) is 19.8. The van der Waals surface area contributed by atoms with E-state index in [0.717, 1.165) is 12.8 Å². The fourth-order valence-electron chi connectivity index (χ4n) is 3.10. The molecule has 1 aromatic carbocycles. The Morgan fingerprint density at radius 2 is 2.07 bits per heavy atom. The number of nitrogens with one attached hydrogen (secondary N) is 1. The maximum absolute atomic E-state index is 12.7. The van der Waals surface area contributed by atoms with Gasteiger partial charge in [-0.2, -0.15) is 5.10 Å². The predicted molar refractivity (Wildman–Crippen MR) is 106 cm³/mol. The van der Waals surface area contributed by atoms with Crippen LogP contribution in [-0.2, 0) is 0 Å². The fourth-order valence-corrected chi connectivity index (χ4v) is 3.10. The first-order valence-electron chi connectivity index (χ1n) is 8.64. The molecule has 9 nitrogen and oxygen atoms in total. The number of nitrogens with two attached hydrogens (primary N) is 1. The van der Waals surface area contributed by atoms with E-state index in [4.69, 9.17) is 5.73 Å². The van der Waals surface area contributed by atoms with Crippen molar-refractivity contribution < 1.29 is 9.72 Å². The Morgan fingerprint density at radius 1 is 1.43 bits per heavy atom. The molecule has 1 amide bonds. The summed E-state index contributed by atoms with van der Waals surface area (Å²) in [5.74, 6) is -0.360. The lowest BCUT2D eigenvalue weighted by molar-refractivity contribution is -0.384. The topological polar surface area (TPSA) is 133 Å². The van der Waals surface area contributed by atoms with Crippen molar-refractivity contribution >= 4 is 24.0 Å². The number of hydrogen-bond donors (Lipinski definition) is 2. The summed E-state index contributed by atoms with van der Waals surface area (Å²) in [4.78, 5) is 35.8. The van der Waals surface area contributed by atoms with Crippen LogP contribution in [0.4, 0.5) is 5.69 Å². The Labute approximate surface area is 167 Å². The second-order valence-corrected chi connectivity index (χ2v) is 7.01. The number of nitrogens with zero attached hydrogens (tertiary/aromatic N) is 3. The second kappa shape index (κ2) is 8.07. The van der Waals surface area contributed by atoms with Crippen molar-refractivity contribution in [3.63, 3.8) is 0 Å². The van der Waals surface area contributed by atoms with Crippen molar-refractivity contribution in [1.29, 1.82) is 0 Å². The molecule has 3 rings (SSSR count). The van der Waals surface area contributed by atoms with Crippen molar-refractivity contribution in [2.45, 2.75) is 32.2 Å². The summed E-state index contributed by atoms with van der Waals surface area (Å²) < 4.78 is 1.24. The minimum atomic E-state index is -0.632. The number of para-hydroxylation sites is 2. The van der Waals surface area contributed by atoms with Crippen LogP contribution in [0.2, 0.25) is 0 Å². The number of halogens is 1. The van der Waals surface area contributed by atoms with Gasteiger partial charge >= 0.3 is 0 Å². The first kappa shape index (κ1) is 21.5. The van der Waals surface area contributed by atoms with Gasteiger partial charge in [-0.3, -0.25) is 19.7 Å². The number of nitro groups is 1. The molecule has 1 aliphatic carbocycles. The van der Waals surface area contributed by atoms with E-state index in [1.165, 1.54) is 28.9 Å². The van der Waals surface area contributed by atoms with Crippen LogP contribution < -0.4 is 16.5 Å². The fraction of sp³-hybridized carbons (Fsp3) is 0.389. The zero-order valence-electron chi connectivity index (χ0n) is 15.5. The summed E-state index contributed by atoms with van der Waals surface area (Å²) in [6, 6.07) is 7.26. The van der Waals surface area contributed by atoms with Gasteiger partial charge in [-0.25, -0.2) is 4.68 Å². The molecule has 1 saturated carbocycles. The van der Waals surface area contributed by atoms with Crippen molar-refractivity contribution in [3.05, 3.63) is 62.1 Å². The van der Waals surface area contributed by atoms with Crippen LogP contribution >= 0.6 is 12.4 Å². The van der Waals surface area contributed by atoms with Crippen LogP contribution in [0.15, 0.2) is 35.1 Å². The lowest BCUT2D eigenvalue weighted by Crippen LogP contribution is -2.54. The van der Waals surface area contributed by atoms with Gasteiger partial charge in [0.15, 0.2) is 5.69 Å². The lowest BCUT2D eigenvalue weighted by atomic mass is 9.96. The van der Waals surface area contributed by atoms with Crippen LogP contribution in [-0.4, -0.2) is 32.7 Å². The van der Waals surface area contributed by atoms with Gasteiger partial charge in [0.2, 0.25) is 5.43 Å². The predicted octanol–water partition coefficient (Wildman–Crippen LogP) is 1.73. The molecule has 28 heavy (non-hydrogen) atoms. The van der Waals surface area contributed by atoms with E-state index in [1.54, 1.807) is 13.0 Å². The second-order valence-electron chi connectivity index (χ2n) is 7.01. The monoisotopic (exact) mass is 407 g/mol. The molecule has 1 heterocycles. The van der Waals surface area contributed by atoms with Crippen molar-refractivity contribution in [1.82, 2.24) is 15.1 Å². The van der Waals surface area contributed by atoms with E-state index in [0.29, 0.717) is 5.69 Å². The Hall–Kier alpha value is -2.78. The van der Waals surface area contributed by atoms with Crippen molar-refractivity contribution in [2.24, 2.45) is 11.7 Å². The number of nitro benzene ring substituents is 1. The van der Waals surface area contributed by atoms with Crippen LogP contribution in [0, 0.1) is 23.0 Å². The zero-order valence-corrected chi connectivity index (χ0v) is 16.4. The number of carbonyl (C=O) groups excluding carboxylic acids is 1. The molecular weight excluding hydrogens is 386 g/mol. The highest BCUT2D eigenvalue weighted by Gasteiger charge is 2.42. The van der Waals surface area contributed by atoms with Gasteiger partial charge in [0.25, 0.3) is 11.6 Å². The van der Waals surface area contributed by atoms with Crippen LogP contribution in [0.25, 0.3) is 5.69 Å². The normalized spacial score (nSPS) is 15.2. The Morgan fingerprint density at radius 3 is 2.64 bits per heavy atom. The molecule has 1 aromatic heterocycles. The number of rotatable bonds is 6. The first-order chi connectivity index (χ1) is 12.8. The Bertz CT molecular complexity index is 973. The summed E-state index contributed by atoms with van der Waals surface area (Å²) in [6.45, 7) is 3.69. The van der Waals surface area contributed by atoms with E-state index in [-0.39, 0.29) is 41.9 Å². The molecule has 10 heteroatoms. The summed E-state index contributed by atoms with van der Waals surface area (Å²) >= 11 is 0. The smallest absolute Gasteiger partial charge is 0.294 e. The molecule has 1 atom stereocenters. The van der Waals surface area contributed by atoms with E-state index in [9.17, 15) is 19.7 Å². The number of hydrogen-bond acceptors (Lipinski definition) is 6. The largest absolute Gasteiger partial charge is 0.344 e. The lowest BCUT2D eigenvalue weighted by Gasteiger charge is -2.29. The molecule has 0 spiro atoms. The standard InChI is InChI=1S/C18H21N5O4.ClH/c1-11-9-15(24)16(17(25)20-18(2,10-19)12-7-8-12)21-22(11)13-5-3-4-6-14(13)23(26)27;/h3-6,9,12H,7-8,10,19H2,1-2H3,(H,20,25);1H. The maximum atomic E-state index is 12.7. The molecule has 1 fully saturated rings. The SMILES string of the molecule is Cc1cc(=O)c(C(=O)NC(C)(CN)C2CC2)nn1-c1ccccc1[N+](=O)[O-].Cl. The molecule has 0 aliphatic heterocycles. The number of aromatic nitrogens is 2. The van der Waals surface area contributed by atoms with Gasteiger partial charge in [-0.15, -0.1) is 12.4 Å². The average Bonchev–Trinajstić information content (AvgIpc) is 3.47. The van der Waals surface area contributed by atoms with E-state index in [1.807, 2.05) is 6.92 Å². The number of amides is 1. The quantitative estimate of drug-likeness (QED) is 0.553. The first-order valence-corrected chi connectivity index (χ1v) is 8.64. The molecule has 150 valence electrons. The number of carbonyl (C=O) groups is 1. The molecule has 0 radical (unpaired) electrons. The number of benzene rings is 1. The van der Waals surface area contributed by atoms with E-state index < -0.39 is 21.8 Å². The summed E-state index contributed by atoms with van der Waals surface area (Å²) in [7, 11) is 0.